The Bertz CT molecular complexity index is 282. The number of nitrogens with zero attached hydrogens (tertiary/aromatic N) is 3. The summed E-state index contributed by atoms with van der Waals surface area (Å²) in [7, 11) is 0. The lowest BCUT2D eigenvalue weighted by atomic mass is 10.0. The molecule has 0 spiro atoms. The van der Waals surface area contributed by atoms with E-state index in [-0.39, 0.29) is 0 Å². The molecule has 0 saturated heterocycles. The molecule has 1 aliphatic rings. The smallest absolute Gasteiger partial charge is 0.0980 e. The maximum atomic E-state index is 4.21. The molecule has 0 N–H and O–H groups in total. The number of rotatable bonds is 1. The highest BCUT2D eigenvalue weighted by Crippen LogP contribution is 2.18. The van der Waals surface area contributed by atoms with Crippen molar-refractivity contribution in [3.05, 3.63) is 11.4 Å². The zero-order valence-electron chi connectivity index (χ0n) is 7.67. The quantitative estimate of drug-likeness (QED) is 0.709. The van der Waals surface area contributed by atoms with Crippen LogP contribution in [0.15, 0.2) is 0 Å². The molecule has 1 aromatic heterocycles. The molecule has 4 heteroatoms. The van der Waals surface area contributed by atoms with Crippen LogP contribution in [0, 0.1) is 0 Å². The molecule has 0 fully saturated rings. The molecule has 0 aliphatic heterocycles. The molecule has 0 saturated carbocycles. The maximum Gasteiger partial charge on any atom is 0.0980 e. The van der Waals surface area contributed by atoms with E-state index in [1.54, 1.807) is 0 Å². The standard InChI is InChI=1S/C9H14BrN3/c10-7-13-9-6-4-2-1-3-5-8(9)11-12-13/h1-7H2. The van der Waals surface area contributed by atoms with E-state index >= 15 is 0 Å². The minimum atomic E-state index is 0.773. The number of aryl methyl sites for hydroxylation is 1. The minimum Gasteiger partial charge on any atom is -0.239 e. The van der Waals surface area contributed by atoms with Gasteiger partial charge >= 0.3 is 0 Å². The lowest BCUT2D eigenvalue weighted by molar-refractivity contribution is 0.590. The van der Waals surface area contributed by atoms with Crippen molar-refractivity contribution in [1.29, 1.82) is 0 Å². The number of hydrogen-bond donors (Lipinski definition) is 0. The monoisotopic (exact) mass is 243 g/mol. The first kappa shape index (κ1) is 9.19. The highest BCUT2D eigenvalue weighted by molar-refractivity contribution is 9.08. The van der Waals surface area contributed by atoms with Crippen LogP contribution in [0.2, 0.25) is 0 Å². The normalized spacial score (nSPS) is 17.6. The van der Waals surface area contributed by atoms with Crippen molar-refractivity contribution in [2.24, 2.45) is 0 Å². The van der Waals surface area contributed by atoms with Gasteiger partial charge in [0.15, 0.2) is 0 Å². The van der Waals surface area contributed by atoms with Crippen molar-refractivity contribution in [3.63, 3.8) is 0 Å². The molecular formula is C9H14BrN3. The molecule has 0 amide bonds. The summed E-state index contributed by atoms with van der Waals surface area (Å²) < 4.78 is 1.97. The first-order chi connectivity index (χ1) is 6.42. The van der Waals surface area contributed by atoms with Gasteiger partial charge in [-0.3, -0.25) is 0 Å². The van der Waals surface area contributed by atoms with E-state index in [2.05, 4.69) is 26.2 Å². The average Bonchev–Trinajstić information content (AvgIpc) is 2.46. The second-order valence-electron chi connectivity index (χ2n) is 3.52. The molecule has 0 bridgehead atoms. The first-order valence-electron chi connectivity index (χ1n) is 4.89. The first-order valence-corrected chi connectivity index (χ1v) is 6.01. The Labute approximate surface area is 86.6 Å². The third-order valence-electron chi connectivity index (χ3n) is 2.61. The molecule has 1 aliphatic carbocycles. The Morgan fingerprint density at radius 1 is 1.15 bits per heavy atom. The van der Waals surface area contributed by atoms with E-state index in [1.807, 2.05) is 4.68 Å². The maximum absolute atomic E-state index is 4.21. The van der Waals surface area contributed by atoms with E-state index < -0.39 is 0 Å². The Hall–Kier alpha value is -0.380. The van der Waals surface area contributed by atoms with Gasteiger partial charge in [-0.05, 0) is 25.7 Å². The number of alkyl halides is 1. The van der Waals surface area contributed by atoms with Gasteiger partial charge in [0.1, 0.15) is 0 Å². The Balaban J connectivity index is 2.25. The van der Waals surface area contributed by atoms with Gasteiger partial charge in [-0.25, -0.2) is 4.68 Å². The summed E-state index contributed by atoms with van der Waals surface area (Å²) in [4.78, 5) is 0. The van der Waals surface area contributed by atoms with Crippen molar-refractivity contribution in [2.75, 3.05) is 0 Å². The van der Waals surface area contributed by atoms with Crippen LogP contribution in [0.1, 0.15) is 37.1 Å². The van der Waals surface area contributed by atoms with Crippen molar-refractivity contribution >= 4 is 15.9 Å². The molecule has 72 valence electrons. The zero-order chi connectivity index (χ0) is 9.10. The predicted molar refractivity (Wildman–Crippen MR) is 54.8 cm³/mol. The van der Waals surface area contributed by atoms with Gasteiger partial charge in [-0.1, -0.05) is 34.0 Å². The fourth-order valence-electron chi connectivity index (χ4n) is 1.87. The van der Waals surface area contributed by atoms with Gasteiger partial charge in [0.05, 0.1) is 16.8 Å². The van der Waals surface area contributed by atoms with Gasteiger partial charge in [0, 0.05) is 0 Å². The number of halogens is 1. The average molecular weight is 244 g/mol. The van der Waals surface area contributed by atoms with Crippen molar-refractivity contribution in [3.8, 4) is 0 Å². The van der Waals surface area contributed by atoms with Crippen LogP contribution < -0.4 is 0 Å². The summed E-state index contributed by atoms with van der Waals surface area (Å²) >= 11 is 3.42. The summed E-state index contributed by atoms with van der Waals surface area (Å²) in [6, 6.07) is 0. The van der Waals surface area contributed by atoms with Crippen molar-refractivity contribution in [2.45, 2.75) is 44.0 Å². The van der Waals surface area contributed by atoms with E-state index in [1.165, 1.54) is 37.1 Å². The molecule has 1 heterocycles. The van der Waals surface area contributed by atoms with E-state index in [0.717, 1.165) is 18.3 Å². The highest BCUT2D eigenvalue weighted by atomic mass is 79.9. The fourth-order valence-corrected chi connectivity index (χ4v) is 2.27. The lowest BCUT2D eigenvalue weighted by Gasteiger charge is -2.09. The summed E-state index contributed by atoms with van der Waals surface area (Å²) in [5, 5.41) is 8.33. The van der Waals surface area contributed by atoms with Crippen LogP contribution in [0.25, 0.3) is 0 Å². The van der Waals surface area contributed by atoms with E-state index in [0.29, 0.717) is 0 Å². The summed E-state index contributed by atoms with van der Waals surface area (Å²) in [6.07, 6.45) is 7.52. The van der Waals surface area contributed by atoms with Crippen LogP contribution in [0.5, 0.6) is 0 Å². The third-order valence-corrected chi connectivity index (χ3v) is 3.08. The number of hydrogen-bond acceptors (Lipinski definition) is 2. The third kappa shape index (κ3) is 1.93. The van der Waals surface area contributed by atoms with Gasteiger partial charge < -0.3 is 0 Å². The van der Waals surface area contributed by atoms with Crippen LogP contribution in [0.3, 0.4) is 0 Å². The van der Waals surface area contributed by atoms with Gasteiger partial charge in [-0.2, -0.15) is 0 Å². The molecule has 1 aromatic rings. The number of fused-ring (bicyclic) bond motifs is 1. The predicted octanol–water partition coefficient (Wildman–Crippen LogP) is 2.29. The summed E-state index contributed by atoms with van der Waals surface area (Å²) in [5.41, 5.74) is 3.34. The molecule has 3 nitrogen and oxygen atoms in total. The molecule has 0 atom stereocenters. The number of aromatic nitrogens is 3. The largest absolute Gasteiger partial charge is 0.239 e. The van der Waals surface area contributed by atoms with Crippen LogP contribution in [-0.4, -0.2) is 15.0 Å². The Morgan fingerprint density at radius 2 is 1.92 bits per heavy atom. The van der Waals surface area contributed by atoms with Crippen molar-refractivity contribution < 1.29 is 0 Å². The molecule has 13 heavy (non-hydrogen) atoms. The second-order valence-corrected chi connectivity index (χ2v) is 4.02. The van der Waals surface area contributed by atoms with Crippen LogP contribution in [0.4, 0.5) is 0 Å². The van der Waals surface area contributed by atoms with Gasteiger partial charge in [0.25, 0.3) is 0 Å². The molecular weight excluding hydrogens is 230 g/mol. The molecule has 0 radical (unpaired) electrons. The summed E-state index contributed by atoms with van der Waals surface area (Å²) in [5.74, 6) is 0. The van der Waals surface area contributed by atoms with Crippen LogP contribution >= 0.6 is 15.9 Å². The highest BCUT2D eigenvalue weighted by Gasteiger charge is 2.13. The molecule has 0 unspecified atom stereocenters. The fraction of sp³-hybridized carbons (Fsp3) is 0.778. The SMILES string of the molecule is BrCn1nnc2c1CCCCCC2. The van der Waals surface area contributed by atoms with Gasteiger partial charge in [0.2, 0.25) is 0 Å². The zero-order valence-corrected chi connectivity index (χ0v) is 9.26. The van der Waals surface area contributed by atoms with Crippen LogP contribution in [-0.2, 0) is 18.3 Å². The van der Waals surface area contributed by atoms with E-state index in [4.69, 9.17) is 0 Å². The molecule has 2 rings (SSSR count). The topological polar surface area (TPSA) is 30.7 Å². The lowest BCUT2D eigenvalue weighted by Crippen LogP contribution is -2.05. The Kier molecular flexibility index (Phi) is 2.98. The molecule has 0 aromatic carbocycles. The Morgan fingerprint density at radius 3 is 2.69 bits per heavy atom. The second kappa shape index (κ2) is 4.22. The van der Waals surface area contributed by atoms with E-state index in [9.17, 15) is 0 Å². The van der Waals surface area contributed by atoms with Crippen molar-refractivity contribution in [1.82, 2.24) is 15.0 Å². The van der Waals surface area contributed by atoms with Gasteiger partial charge in [-0.15, -0.1) is 5.10 Å². The minimum absolute atomic E-state index is 0.773. The summed E-state index contributed by atoms with van der Waals surface area (Å²) in [6.45, 7) is 0.